The van der Waals surface area contributed by atoms with E-state index in [0.29, 0.717) is 0 Å². The van der Waals surface area contributed by atoms with Crippen molar-refractivity contribution in [3.05, 3.63) is 57.8 Å². The highest BCUT2D eigenvalue weighted by Gasteiger charge is 2.22. The largest absolute Gasteiger partial charge is 0.336 e. The van der Waals surface area contributed by atoms with Gasteiger partial charge >= 0.3 is 0 Å². The lowest BCUT2D eigenvalue weighted by atomic mass is 10.1. The number of piperazine rings is 1. The van der Waals surface area contributed by atoms with Gasteiger partial charge in [-0.25, -0.2) is 0 Å². The fraction of sp³-hybridized carbons (Fsp3) is 0.353. The number of thiophene rings is 1. The van der Waals surface area contributed by atoms with Gasteiger partial charge in [0.25, 0.3) is 5.91 Å². The lowest BCUT2D eigenvalue weighted by Crippen LogP contribution is -2.48. The predicted molar refractivity (Wildman–Crippen MR) is 86.7 cm³/mol. The van der Waals surface area contributed by atoms with Crippen LogP contribution in [0.4, 0.5) is 0 Å². The van der Waals surface area contributed by atoms with Gasteiger partial charge in [-0.1, -0.05) is 24.3 Å². The summed E-state index contributed by atoms with van der Waals surface area (Å²) in [6, 6.07) is 12.1. The van der Waals surface area contributed by atoms with Crippen LogP contribution in [0.25, 0.3) is 0 Å². The molecule has 1 amide bonds. The van der Waals surface area contributed by atoms with Gasteiger partial charge in [-0.15, -0.1) is 11.3 Å². The molecule has 0 spiro atoms. The van der Waals surface area contributed by atoms with Gasteiger partial charge in [0.1, 0.15) is 0 Å². The van der Waals surface area contributed by atoms with E-state index in [2.05, 4.69) is 22.4 Å². The third-order valence-corrected chi connectivity index (χ3v) is 4.86. The quantitative estimate of drug-likeness (QED) is 0.870. The maximum atomic E-state index is 12.6. The molecular weight excluding hydrogens is 280 g/mol. The Hall–Kier alpha value is -1.65. The Bertz CT molecular complexity index is 601. The number of amides is 1. The van der Waals surface area contributed by atoms with Crippen LogP contribution in [0.15, 0.2) is 41.8 Å². The minimum Gasteiger partial charge on any atom is -0.336 e. The van der Waals surface area contributed by atoms with Crippen LogP contribution in [0.2, 0.25) is 0 Å². The van der Waals surface area contributed by atoms with Gasteiger partial charge in [0.05, 0.1) is 0 Å². The van der Waals surface area contributed by atoms with Crippen LogP contribution in [-0.4, -0.2) is 41.9 Å². The second-order valence-electron chi connectivity index (χ2n) is 5.46. The molecular formula is C17H20N2OS. The molecule has 0 bridgehead atoms. The molecule has 0 saturated carbocycles. The summed E-state index contributed by atoms with van der Waals surface area (Å²) in [4.78, 5) is 18.4. The van der Waals surface area contributed by atoms with Crippen molar-refractivity contribution < 1.29 is 4.79 Å². The zero-order valence-electron chi connectivity index (χ0n) is 12.3. The van der Waals surface area contributed by atoms with Gasteiger partial charge in [-0.05, 0) is 30.0 Å². The zero-order chi connectivity index (χ0) is 14.7. The van der Waals surface area contributed by atoms with Gasteiger partial charge in [0.15, 0.2) is 0 Å². The molecule has 3 rings (SSSR count). The summed E-state index contributed by atoms with van der Waals surface area (Å²) >= 11 is 1.80. The van der Waals surface area contributed by atoms with E-state index in [1.807, 2.05) is 36.1 Å². The Balaban J connectivity index is 1.58. The molecule has 0 aliphatic carbocycles. The van der Waals surface area contributed by atoms with Crippen molar-refractivity contribution in [2.75, 3.05) is 26.2 Å². The molecule has 1 aliphatic rings. The topological polar surface area (TPSA) is 23.6 Å². The number of rotatable bonds is 3. The van der Waals surface area contributed by atoms with E-state index < -0.39 is 0 Å². The first-order chi connectivity index (χ1) is 10.2. The van der Waals surface area contributed by atoms with Crippen molar-refractivity contribution in [2.45, 2.75) is 13.5 Å². The van der Waals surface area contributed by atoms with Crippen LogP contribution < -0.4 is 0 Å². The first kappa shape index (κ1) is 14.3. The number of carbonyl (C=O) groups excluding carboxylic acids is 1. The van der Waals surface area contributed by atoms with E-state index in [4.69, 9.17) is 0 Å². The number of benzene rings is 1. The number of aryl methyl sites for hydroxylation is 1. The van der Waals surface area contributed by atoms with Gasteiger partial charge in [-0.3, -0.25) is 9.69 Å². The molecule has 0 atom stereocenters. The predicted octanol–water partition coefficient (Wildman–Crippen LogP) is 3.01. The molecule has 1 aliphatic heterocycles. The molecule has 110 valence electrons. The van der Waals surface area contributed by atoms with E-state index in [1.165, 1.54) is 4.88 Å². The summed E-state index contributed by atoms with van der Waals surface area (Å²) < 4.78 is 0. The van der Waals surface area contributed by atoms with Crippen LogP contribution in [0.5, 0.6) is 0 Å². The van der Waals surface area contributed by atoms with Crippen molar-refractivity contribution in [3.63, 3.8) is 0 Å². The first-order valence-corrected chi connectivity index (χ1v) is 8.21. The third-order valence-electron chi connectivity index (χ3n) is 3.99. The number of nitrogens with zero attached hydrogens (tertiary/aromatic N) is 2. The van der Waals surface area contributed by atoms with Crippen LogP contribution in [0, 0.1) is 6.92 Å². The molecule has 0 N–H and O–H groups in total. The monoisotopic (exact) mass is 300 g/mol. The first-order valence-electron chi connectivity index (χ1n) is 7.33. The van der Waals surface area contributed by atoms with Gasteiger partial charge in [-0.2, -0.15) is 0 Å². The highest BCUT2D eigenvalue weighted by atomic mass is 32.1. The SMILES string of the molecule is Cc1ccccc1C(=O)N1CCN(Cc2cccs2)CC1. The highest BCUT2D eigenvalue weighted by molar-refractivity contribution is 7.09. The lowest BCUT2D eigenvalue weighted by Gasteiger charge is -2.34. The molecule has 2 heterocycles. The summed E-state index contributed by atoms with van der Waals surface area (Å²) in [7, 11) is 0. The standard InChI is InChI=1S/C17H20N2OS/c1-14-5-2-3-7-16(14)17(20)19-10-8-18(9-11-19)13-15-6-4-12-21-15/h2-7,12H,8-11,13H2,1H3. The summed E-state index contributed by atoms with van der Waals surface area (Å²) in [5, 5.41) is 2.12. The highest BCUT2D eigenvalue weighted by Crippen LogP contribution is 2.16. The lowest BCUT2D eigenvalue weighted by molar-refractivity contribution is 0.0629. The Labute approximate surface area is 129 Å². The second-order valence-corrected chi connectivity index (χ2v) is 6.49. The molecule has 0 radical (unpaired) electrons. The molecule has 1 aromatic carbocycles. The molecule has 0 unspecified atom stereocenters. The average molecular weight is 300 g/mol. The number of hydrogen-bond donors (Lipinski definition) is 0. The summed E-state index contributed by atoms with van der Waals surface area (Å²) in [6.07, 6.45) is 0. The van der Waals surface area contributed by atoms with E-state index in [1.54, 1.807) is 11.3 Å². The third kappa shape index (κ3) is 3.34. The molecule has 21 heavy (non-hydrogen) atoms. The Kier molecular flexibility index (Phi) is 4.36. The Morgan fingerprint density at radius 3 is 2.52 bits per heavy atom. The number of carbonyl (C=O) groups is 1. The Morgan fingerprint density at radius 2 is 1.86 bits per heavy atom. The molecule has 1 fully saturated rings. The summed E-state index contributed by atoms with van der Waals surface area (Å²) in [5.74, 6) is 0.170. The van der Waals surface area contributed by atoms with Crippen molar-refractivity contribution >= 4 is 17.2 Å². The molecule has 4 heteroatoms. The van der Waals surface area contributed by atoms with Crippen molar-refractivity contribution in [3.8, 4) is 0 Å². The van der Waals surface area contributed by atoms with E-state index >= 15 is 0 Å². The molecule has 1 aromatic heterocycles. The smallest absolute Gasteiger partial charge is 0.254 e. The molecule has 3 nitrogen and oxygen atoms in total. The maximum absolute atomic E-state index is 12.6. The minimum atomic E-state index is 0.170. The van der Waals surface area contributed by atoms with Crippen molar-refractivity contribution in [1.29, 1.82) is 0 Å². The zero-order valence-corrected chi connectivity index (χ0v) is 13.1. The minimum absolute atomic E-state index is 0.170. The fourth-order valence-electron chi connectivity index (χ4n) is 2.72. The normalized spacial score (nSPS) is 16.1. The van der Waals surface area contributed by atoms with Crippen LogP contribution in [0.1, 0.15) is 20.8 Å². The van der Waals surface area contributed by atoms with Crippen LogP contribution >= 0.6 is 11.3 Å². The average Bonchev–Trinajstić information content (AvgIpc) is 3.01. The number of hydrogen-bond acceptors (Lipinski definition) is 3. The van der Waals surface area contributed by atoms with Gasteiger partial charge in [0, 0.05) is 43.2 Å². The van der Waals surface area contributed by atoms with E-state index in [0.717, 1.165) is 43.9 Å². The van der Waals surface area contributed by atoms with Crippen LogP contribution in [-0.2, 0) is 6.54 Å². The van der Waals surface area contributed by atoms with Crippen LogP contribution in [0.3, 0.4) is 0 Å². The van der Waals surface area contributed by atoms with Gasteiger partial charge < -0.3 is 4.90 Å². The maximum Gasteiger partial charge on any atom is 0.254 e. The van der Waals surface area contributed by atoms with Crippen molar-refractivity contribution in [2.24, 2.45) is 0 Å². The fourth-order valence-corrected chi connectivity index (χ4v) is 3.46. The Morgan fingerprint density at radius 1 is 1.10 bits per heavy atom. The molecule has 1 saturated heterocycles. The summed E-state index contributed by atoms with van der Waals surface area (Å²) in [5.41, 5.74) is 1.90. The second kappa shape index (κ2) is 6.41. The van der Waals surface area contributed by atoms with E-state index in [-0.39, 0.29) is 5.91 Å². The van der Waals surface area contributed by atoms with Gasteiger partial charge in [0.2, 0.25) is 0 Å². The van der Waals surface area contributed by atoms with Crippen molar-refractivity contribution in [1.82, 2.24) is 9.80 Å². The summed E-state index contributed by atoms with van der Waals surface area (Å²) in [6.45, 7) is 6.55. The van der Waals surface area contributed by atoms with E-state index in [9.17, 15) is 4.79 Å². The molecule has 2 aromatic rings.